The molecule has 1 nitrogen and oxygen atoms in total. The van der Waals surface area contributed by atoms with Gasteiger partial charge in [-0.15, -0.1) is 0 Å². The Morgan fingerprint density at radius 1 is 0.644 bits per heavy atom. The molecule has 0 amide bonds. The second-order valence-electron chi connectivity index (χ2n) is 18.8. The summed E-state index contributed by atoms with van der Waals surface area (Å²) in [6, 6.07) is 10.2. The van der Waals surface area contributed by atoms with Gasteiger partial charge in [-0.05, 0) is 0 Å². The molecule has 1 atom stereocenters. The number of allylic oxidation sites excluding steroid dienone is 2. The predicted octanol–water partition coefficient (Wildman–Crippen LogP) is 12.2. The minimum absolute atomic E-state index is 0.000374. The van der Waals surface area contributed by atoms with Crippen molar-refractivity contribution in [3.05, 3.63) is 69.5 Å². The van der Waals surface area contributed by atoms with Crippen LogP contribution in [0.5, 0.6) is 0 Å². The van der Waals surface area contributed by atoms with Crippen molar-refractivity contribution in [1.29, 1.82) is 0 Å². The fourth-order valence-electron chi connectivity index (χ4n) is 6.84. The molecule has 0 bridgehead atoms. The predicted molar refractivity (Wildman–Crippen MR) is 207 cm³/mol. The Morgan fingerprint density at radius 2 is 1.09 bits per heavy atom. The normalized spacial score (nSPS) is 19.5. The molecule has 0 saturated heterocycles. The van der Waals surface area contributed by atoms with Crippen LogP contribution < -0.4 is 9.70 Å². The Hall–Kier alpha value is -1.31. The van der Waals surface area contributed by atoms with Crippen molar-refractivity contribution in [2.45, 2.75) is 176 Å². The number of hydrogen-bond donors (Lipinski definition) is 0. The van der Waals surface area contributed by atoms with Crippen molar-refractivity contribution in [3.63, 3.8) is 0 Å². The number of hydrogen-bond acceptors (Lipinski definition) is 1. The second-order valence-corrected chi connectivity index (χ2v) is 29.7. The molecule has 2 aromatic rings. The van der Waals surface area contributed by atoms with E-state index in [0.29, 0.717) is 17.8 Å². The van der Waals surface area contributed by atoms with Gasteiger partial charge in [-0.2, -0.15) is 0 Å². The molecule has 3 rings (SSSR count). The summed E-state index contributed by atoms with van der Waals surface area (Å²) in [5.74, 6) is 2.47. The summed E-state index contributed by atoms with van der Waals surface area (Å²) in [6.45, 7) is 45.5. The summed E-state index contributed by atoms with van der Waals surface area (Å²) >= 11 is -3.56. The standard InChI is InChI=1S/C42H67GeOP/c1-26(2)30-22-32(27(3)4)37(33(23-30)28(5)6)43(42(17,18)19)36(21-20-29(7)44-43)45-38-34(40(11,12)13)24-31(39(8,9)10)25-35(38)41(14,15)16/h20,22-28H,21H2,1-19H3/t43-/m0/s1. The Labute approximate surface area is 283 Å². The van der Waals surface area contributed by atoms with Gasteiger partial charge in [0.15, 0.2) is 0 Å². The van der Waals surface area contributed by atoms with Crippen LogP contribution in [-0.2, 0) is 20.0 Å². The fraction of sp³-hybridized carbons (Fsp3) is 0.643. The molecule has 250 valence electrons. The first-order valence-corrected chi connectivity index (χ1v) is 22.4. The van der Waals surface area contributed by atoms with Crippen LogP contribution in [-0.4, -0.2) is 17.7 Å². The number of rotatable bonds is 5. The Kier molecular flexibility index (Phi) is 11.0. The third-order valence-electron chi connectivity index (χ3n) is 9.68. The van der Waals surface area contributed by atoms with Crippen LogP contribution in [0.3, 0.4) is 0 Å². The zero-order chi connectivity index (χ0) is 34.7. The van der Waals surface area contributed by atoms with E-state index in [1.165, 1.54) is 46.9 Å². The molecule has 0 saturated carbocycles. The van der Waals surface area contributed by atoms with Gasteiger partial charge in [0.25, 0.3) is 0 Å². The Bertz CT molecular complexity index is 1390. The van der Waals surface area contributed by atoms with Crippen LogP contribution in [0.2, 0.25) is 4.25 Å². The molecule has 1 heterocycles. The summed E-state index contributed by atoms with van der Waals surface area (Å²) in [5, 5.41) is 1.52. The van der Waals surface area contributed by atoms with Crippen LogP contribution in [0.1, 0.15) is 189 Å². The molecular weight excluding hydrogens is 624 g/mol. The van der Waals surface area contributed by atoms with Gasteiger partial charge in [-0.25, -0.2) is 0 Å². The molecule has 2 aromatic carbocycles. The molecule has 0 aliphatic carbocycles. The average Bonchev–Trinajstić information content (AvgIpc) is 2.86. The second kappa shape index (κ2) is 13.0. The molecule has 0 N–H and O–H groups in total. The van der Waals surface area contributed by atoms with Crippen LogP contribution in [0.15, 0.2) is 36.1 Å². The molecule has 1 aliphatic heterocycles. The molecule has 45 heavy (non-hydrogen) atoms. The topological polar surface area (TPSA) is 9.23 Å². The van der Waals surface area contributed by atoms with Gasteiger partial charge in [0, 0.05) is 0 Å². The van der Waals surface area contributed by atoms with Gasteiger partial charge in [-0.3, -0.25) is 0 Å². The van der Waals surface area contributed by atoms with Crippen molar-refractivity contribution in [2.75, 3.05) is 0 Å². The van der Waals surface area contributed by atoms with E-state index in [1.54, 1.807) is 8.52 Å². The third kappa shape index (κ3) is 7.72. The zero-order valence-corrected chi connectivity index (χ0v) is 35.7. The Morgan fingerprint density at radius 3 is 1.42 bits per heavy atom. The zero-order valence-electron chi connectivity index (χ0n) is 32.7. The monoisotopic (exact) mass is 692 g/mol. The first-order valence-electron chi connectivity index (χ1n) is 17.5. The SMILES string of the molecule is CC1=CC[C](=Pc2c(C(C)(C)C)cc(C(C)(C)C)cc2C(C)(C)C)[Ge@]([c]2c(C(C)C)cc(C(C)C)cc2C(C)C)([C](C)(C)C)[O]1. The van der Waals surface area contributed by atoms with Crippen molar-refractivity contribution >= 4 is 35.6 Å². The van der Waals surface area contributed by atoms with E-state index >= 15 is 0 Å². The van der Waals surface area contributed by atoms with Crippen molar-refractivity contribution in [3.8, 4) is 0 Å². The van der Waals surface area contributed by atoms with Gasteiger partial charge in [-0.1, -0.05) is 0 Å². The van der Waals surface area contributed by atoms with Crippen LogP contribution >= 0.6 is 8.20 Å². The van der Waals surface area contributed by atoms with Gasteiger partial charge < -0.3 is 0 Å². The summed E-state index contributed by atoms with van der Waals surface area (Å²) in [6.07, 6.45) is 3.38. The third-order valence-corrected chi connectivity index (χ3v) is 23.8. The van der Waals surface area contributed by atoms with E-state index in [1.807, 2.05) is 0 Å². The number of benzene rings is 2. The molecule has 0 unspecified atom stereocenters. The van der Waals surface area contributed by atoms with Gasteiger partial charge in [0.1, 0.15) is 0 Å². The van der Waals surface area contributed by atoms with Crippen LogP contribution in [0.4, 0.5) is 0 Å². The van der Waals surface area contributed by atoms with E-state index in [9.17, 15) is 0 Å². The van der Waals surface area contributed by atoms with Crippen molar-refractivity contribution in [1.82, 2.24) is 0 Å². The van der Waals surface area contributed by atoms with Gasteiger partial charge in [0.2, 0.25) is 0 Å². The van der Waals surface area contributed by atoms with Gasteiger partial charge in [0.05, 0.1) is 0 Å². The maximum atomic E-state index is 7.62. The first-order chi connectivity index (χ1) is 20.2. The van der Waals surface area contributed by atoms with Crippen molar-refractivity contribution < 1.29 is 3.76 Å². The van der Waals surface area contributed by atoms with Crippen molar-refractivity contribution in [2.24, 2.45) is 0 Å². The fourth-order valence-corrected chi connectivity index (χ4v) is 23.1. The first kappa shape index (κ1) is 38.1. The molecule has 0 spiro atoms. The maximum absolute atomic E-state index is 7.62. The molecule has 0 aromatic heterocycles. The summed E-state index contributed by atoms with van der Waals surface area (Å²) in [5.41, 5.74) is 9.07. The summed E-state index contributed by atoms with van der Waals surface area (Å²) in [7, 11) is 1.36. The molecule has 0 radical (unpaired) electrons. The average molecular weight is 692 g/mol. The van der Waals surface area contributed by atoms with E-state index in [2.05, 4.69) is 162 Å². The minimum atomic E-state index is -3.56. The van der Waals surface area contributed by atoms with E-state index in [-0.39, 0.29) is 20.5 Å². The molecule has 3 heteroatoms. The Balaban J connectivity index is 2.67. The van der Waals surface area contributed by atoms with E-state index in [4.69, 9.17) is 3.76 Å². The summed E-state index contributed by atoms with van der Waals surface area (Å²) < 4.78 is 10.9. The quantitative estimate of drug-likeness (QED) is 0.224. The van der Waals surface area contributed by atoms with E-state index in [0.717, 1.165) is 12.2 Å². The molecule has 0 fully saturated rings. The molecule has 1 aliphatic rings. The summed E-state index contributed by atoms with van der Waals surface area (Å²) in [4.78, 5) is 0. The van der Waals surface area contributed by atoms with E-state index < -0.39 is 13.6 Å². The van der Waals surface area contributed by atoms with Crippen LogP contribution in [0, 0.1) is 0 Å². The van der Waals surface area contributed by atoms with Gasteiger partial charge >= 0.3 is 285 Å². The molecular formula is C42H67GeOP. The van der Waals surface area contributed by atoms with Crippen LogP contribution in [0.25, 0.3) is 0 Å².